The van der Waals surface area contributed by atoms with E-state index in [1.807, 2.05) is 0 Å². The van der Waals surface area contributed by atoms with Gasteiger partial charge < -0.3 is 9.84 Å². The molecule has 4 heteroatoms. The third kappa shape index (κ3) is 1.45. The van der Waals surface area contributed by atoms with Crippen LogP contribution in [0.5, 0.6) is 11.5 Å². The van der Waals surface area contributed by atoms with Crippen LogP contribution in [-0.4, -0.2) is 12.2 Å². The number of rotatable bonds is 1. The van der Waals surface area contributed by atoms with Gasteiger partial charge in [0, 0.05) is 5.56 Å². The summed E-state index contributed by atoms with van der Waals surface area (Å²) in [4.78, 5) is 0. The zero-order valence-electron chi connectivity index (χ0n) is 6.69. The maximum atomic E-state index is 9.37. The lowest BCUT2D eigenvalue weighted by atomic mass is 10.2. The number of phenols is 1. The Balaban J connectivity index is 3.40. The fourth-order valence-electron chi connectivity index (χ4n) is 0.962. The Bertz CT molecular complexity index is 310. The molecule has 66 valence electrons. The Morgan fingerprint density at radius 1 is 1.33 bits per heavy atom. The minimum absolute atomic E-state index is 0.0120. The molecule has 0 heterocycles. The van der Waals surface area contributed by atoms with Crippen LogP contribution in [0.15, 0.2) is 6.07 Å². The Morgan fingerprint density at radius 3 is 2.42 bits per heavy atom. The summed E-state index contributed by atoms with van der Waals surface area (Å²) in [5, 5.41) is 10.0. The quantitative estimate of drug-likeness (QED) is 0.766. The van der Waals surface area contributed by atoms with Crippen molar-refractivity contribution < 1.29 is 9.84 Å². The molecule has 0 fully saturated rings. The minimum atomic E-state index is 0.0120. The Morgan fingerprint density at radius 2 is 1.92 bits per heavy atom. The maximum absolute atomic E-state index is 9.37. The minimum Gasteiger partial charge on any atom is -0.506 e. The normalized spacial score (nSPS) is 10.0. The molecule has 0 amide bonds. The van der Waals surface area contributed by atoms with Crippen molar-refractivity contribution in [2.24, 2.45) is 0 Å². The fraction of sp³-hybridized carbons (Fsp3) is 0.250. The first kappa shape index (κ1) is 9.49. The third-order valence-corrected chi connectivity index (χ3v) is 2.17. The van der Waals surface area contributed by atoms with Crippen LogP contribution in [0.4, 0.5) is 0 Å². The lowest BCUT2D eigenvalue weighted by molar-refractivity contribution is 0.403. The average molecular weight is 207 g/mol. The van der Waals surface area contributed by atoms with Crippen LogP contribution in [0, 0.1) is 6.92 Å². The van der Waals surface area contributed by atoms with Crippen molar-refractivity contribution in [1.29, 1.82) is 0 Å². The zero-order valence-corrected chi connectivity index (χ0v) is 8.20. The van der Waals surface area contributed by atoms with Crippen molar-refractivity contribution in [3.63, 3.8) is 0 Å². The van der Waals surface area contributed by atoms with Crippen LogP contribution in [0.2, 0.25) is 10.0 Å². The van der Waals surface area contributed by atoms with E-state index in [0.29, 0.717) is 16.3 Å². The number of phenolic OH excluding ortho intramolecular Hbond substituents is 1. The summed E-state index contributed by atoms with van der Waals surface area (Å²) in [6.07, 6.45) is 0. The van der Waals surface area contributed by atoms with Gasteiger partial charge in [0.2, 0.25) is 0 Å². The molecule has 0 aliphatic carbocycles. The molecular weight excluding hydrogens is 199 g/mol. The Hall–Kier alpha value is -0.600. The Labute approximate surface area is 80.7 Å². The number of aromatic hydroxyl groups is 1. The molecule has 0 saturated carbocycles. The number of hydrogen-bond acceptors (Lipinski definition) is 2. The van der Waals surface area contributed by atoms with Crippen molar-refractivity contribution in [3.8, 4) is 11.5 Å². The summed E-state index contributed by atoms with van der Waals surface area (Å²) in [6, 6.07) is 1.45. The van der Waals surface area contributed by atoms with Crippen molar-refractivity contribution in [1.82, 2.24) is 0 Å². The van der Waals surface area contributed by atoms with E-state index in [2.05, 4.69) is 0 Å². The molecule has 1 N–H and O–H groups in total. The molecular formula is C8H8Cl2O2. The van der Waals surface area contributed by atoms with Crippen molar-refractivity contribution >= 4 is 23.2 Å². The number of benzene rings is 1. The van der Waals surface area contributed by atoms with E-state index < -0.39 is 0 Å². The van der Waals surface area contributed by atoms with Gasteiger partial charge in [0.05, 0.1) is 17.2 Å². The predicted molar refractivity (Wildman–Crippen MR) is 49.4 cm³/mol. The van der Waals surface area contributed by atoms with Crippen LogP contribution in [0.1, 0.15) is 5.56 Å². The summed E-state index contributed by atoms with van der Waals surface area (Å²) in [5.74, 6) is 0.469. The van der Waals surface area contributed by atoms with E-state index in [1.54, 1.807) is 6.92 Å². The van der Waals surface area contributed by atoms with Gasteiger partial charge >= 0.3 is 0 Å². The first-order chi connectivity index (χ1) is 5.57. The van der Waals surface area contributed by atoms with Gasteiger partial charge in [-0.3, -0.25) is 0 Å². The molecule has 2 nitrogen and oxygen atoms in total. The lowest BCUT2D eigenvalue weighted by Crippen LogP contribution is -1.89. The number of methoxy groups -OCH3 is 1. The third-order valence-electron chi connectivity index (χ3n) is 1.60. The molecule has 0 aromatic heterocycles. The summed E-state index contributed by atoms with van der Waals surface area (Å²) in [7, 11) is 1.49. The van der Waals surface area contributed by atoms with E-state index >= 15 is 0 Å². The highest BCUT2D eigenvalue weighted by molar-refractivity contribution is 6.36. The highest BCUT2D eigenvalue weighted by Gasteiger charge is 2.12. The summed E-state index contributed by atoms with van der Waals surface area (Å²) >= 11 is 11.4. The van der Waals surface area contributed by atoms with Crippen molar-refractivity contribution in [2.75, 3.05) is 7.11 Å². The second-order valence-electron chi connectivity index (χ2n) is 2.35. The van der Waals surface area contributed by atoms with Gasteiger partial charge in [-0.1, -0.05) is 23.2 Å². The first-order valence-corrected chi connectivity index (χ1v) is 4.05. The summed E-state index contributed by atoms with van der Waals surface area (Å²) in [5.41, 5.74) is 0.551. The predicted octanol–water partition coefficient (Wildman–Crippen LogP) is 3.02. The zero-order chi connectivity index (χ0) is 9.30. The second-order valence-corrected chi connectivity index (χ2v) is 3.16. The molecule has 1 aromatic carbocycles. The van der Waals surface area contributed by atoms with Crippen LogP contribution < -0.4 is 4.74 Å². The average Bonchev–Trinajstić information content (AvgIpc) is 2.01. The molecule has 0 aliphatic rings. The molecule has 0 atom stereocenters. The van der Waals surface area contributed by atoms with Crippen LogP contribution >= 0.6 is 23.2 Å². The lowest BCUT2D eigenvalue weighted by Gasteiger charge is -2.09. The first-order valence-electron chi connectivity index (χ1n) is 3.29. The summed E-state index contributed by atoms with van der Waals surface area (Å²) in [6.45, 7) is 1.69. The molecule has 0 aliphatic heterocycles. The second kappa shape index (κ2) is 3.42. The maximum Gasteiger partial charge on any atom is 0.144 e. The monoisotopic (exact) mass is 206 g/mol. The molecule has 0 unspecified atom stereocenters. The van der Waals surface area contributed by atoms with E-state index in [1.165, 1.54) is 13.2 Å². The molecule has 0 radical (unpaired) electrons. The number of halogens is 2. The highest BCUT2D eigenvalue weighted by Crippen LogP contribution is 2.39. The number of ether oxygens (including phenoxy) is 1. The van der Waals surface area contributed by atoms with Crippen LogP contribution in [0.25, 0.3) is 0 Å². The highest BCUT2D eigenvalue weighted by atomic mass is 35.5. The molecule has 0 spiro atoms. The molecule has 0 bridgehead atoms. The molecule has 0 saturated heterocycles. The van der Waals surface area contributed by atoms with Gasteiger partial charge in [0.1, 0.15) is 11.5 Å². The van der Waals surface area contributed by atoms with Gasteiger partial charge in [0.25, 0.3) is 0 Å². The van der Waals surface area contributed by atoms with E-state index in [9.17, 15) is 5.11 Å². The van der Waals surface area contributed by atoms with Gasteiger partial charge in [-0.25, -0.2) is 0 Å². The van der Waals surface area contributed by atoms with Gasteiger partial charge in [-0.2, -0.15) is 0 Å². The van der Waals surface area contributed by atoms with Gasteiger partial charge in [0.15, 0.2) is 0 Å². The van der Waals surface area contributed by atoms with E-state index in [0.717, 1.165) is 0 Å². The van der Waals surface area contributed by atoms with Crippen LogP contribution in [-0.2, 0) is 0 Å². The van der Waals surface area contributed by atoms with Crippen LogP contribution in [0.3, 0.4) is 0 Å². The largest absolute Gasteiger partial charge is 0.506 e. The smallest absolute Gasteiger partial charge is 0.144 e. The van der Waals surface area contributed by atoms with Gasteiger partial charge in [-0.05, 0) is 13.0 Å². The van der Waals surface area contributed by atoms with E-state index in [-0.39, 0.29) is 10.8 Å². The topological polar surface area (TPSA) is 29.5 Å². The molecule has 1 aromatic rings. The molecule has 1 rings (SSSR count). The van der Waals surface area contributed by atoms with Crippen molar-refractivity contribution in [3.05, 3.63) is 21.7 Å². The summed E-state index contributed by atoms with van der Waals surface area (Å²) < 4.78 is 4.96. The molecule has 12 heavy (non-hydrogen) atoms. The van der Waals surface area contributed by atoms with E-state index in [4.69, 9.17) is 27.9 Å². The van der Waals surface area contributed by atoms with Gasteiger partial charge in [-0.15, -0.1) is 0 Å². The van der Waals surface area contributed by atoms with Crippen molar-refractivity contribution in [2.45, 2.75) is 6.92 Å². The standard InChI is InChI=1S/C8H8Cl2O2/c1-4-7(11)5(9)3-6(10)8(4)12-2/h3,11H,1-2H3. The number of hydrogen-bond donors (Lipinski definition) is 1. The Kier molecular flexibility index (Phi) is 2.70. The fourth-order valence-corrected chi connectivity index (χ4v) is 1.60. The SMILES string of the molecule is COc1c(Cl)cc(Cl)c(O)c1C.